The molecule has 1 aromatic rings. The van der Waals surface area contributed by atoms with Crippen LogP contribution in [0.1, 0.15) is 0 Å². The molecule has 0 aliphatic carbocycles. The Morgan fingerprint density at radius 1 is 1.44 bits per heavy atom. The van der Waals surface area contributed by atoms with Gasteiger partial charge in [0.05, 0.1) is 13.3 Å². The van der Waals surface area contributed by atoms with E-state index in [9.17, 15) is 21.6 Å². The molecule has 18 heavy (non-hydrogen) atoms. The summed E-state index contributed by atoms with van der Waals surface area (Å²) < 4.78 is 66.9. The smallest absolute Gasteiger partial charge is 0.494 e. The summed E-state index contributed by atoms with van der Waals surface area (Å²) in [6.45, 7) is 0. The lowest BCUT2D eigenvalue weighted by Crippen LogP contribution is -2.20. The summed E-state index contributed by atoms with van der Waals surface area (Å²) in [5, 5.41) is -1.02. The van der Waals surface area contributed by atoms with E-state index in [0.29, 0.717) is 0 Å². The summed E-state index contributed by atoms with van der Waals surface area (Å²) in [5.41, 5.74) is 0. The van der Waals surface area contributed by atoms with E-state index in [-0.39, 0.29) is 9.32 Å². The van der Waals surface area contributed by atoms with Crippen molar-refractivity contribution in [2.24, 2.45) is 0 Å². The van der Waals surface area contributed by atoms with Crippen LogP contribution in [0.25, 0.3) is 0 Å². The molecule has 0 spiro atoms. The molecule has 0 atom stereocenters. The minimum absolute atomic E-state index is 0.0704. The van der Waals surface area contributed by atoms with E-state index in [1.165, 1.54) is 29.7 Å². The van der Waals surface area contributed by atoms with E-state index in [1.54, 1.807) is 0 Å². The second-order valence-electron chi connectivity index (χ2n) is 2.76. The lowest BCUT2D eigenvalue weighted by Gasteiger charge is -2.14. The summed E-state index contributed by atoms with van der Waals surface area (Å²) in [6.07, 6.45) is -4.15. The van der Waals surface area contributed by atoms with Crippen LogP contribution in [0.5, 0.6) is 11.5 Å². The predicted molar refractivity (Wildman–Crippen MR) is 63.2 cm³/mol. The zero-order valence-corrected chi connectivity index (χ0v) is 12.2. The van der Waals surface area contributed by atoms with E-state index in [0.717, 1.165) is 6.20 Å². The Labute approximate surface area is 118 Å². The van der Waals surface area contributed by atoms with Gasteiger partial charge >= 0.3 is 6.36 Å². The molecule has 1 rings (SSSR count). The maximum absolute atomic E-state index is 12.2. The predicted octanol–water partition coefficient (Wildman–Crippen LogP) is 2.52. The van der Waals surface area contributed by atoms with Gasteiger partial charge in [-0.1, -0.05) is 0 Å². The van der Waals surface area contributed by atoms with Gasteiger partial charge < -0.3 is 9.47 Å². The molecule has 0 saturated carbocycles. The quantitative estimate of drug-likeness (QED) is 0.559. The lowest BCUT2D eigenvalue weighted by atomic mass is 10.4. The highest BCUT2D eigenvalue weighted by atomic mass is 127. The van der Waals surface area contributed by atoms with E-state index in [1.807, 2.05) is 0 Å². The van der Waals surface area contributed by atoms with Crippen LogP contribution >= 0.6 is 33.3 Å². The Bertz CT molecular complexity index is 563. The molecule has 0 bridgehead atoms. The summed E-state index contributed by atoms with van der Waals surface area (Å²) >= 11 is 1.43. The van der Waals surface area contributed by atoms with Crippen LogP contribution in [0.2, 0.25) is 0 Å². The number of halogens is 5. The second kappa shape index (κ2) is 5.25. The SMILES string of the molecule is COc1cnc(S(=O)(=O)Cl)c(OC(F)(F)F)c1I. The third-order valence-corrected chi connectivity index (χ3v) is 3.79. The van der Waals surface area contributed by atoms with Crippen molar-refractivity contribution >= 4 is 42.3 Å². The average molecular weight is 418 g/mol. The Balaban J connectivity index is 3.51. The van der Waals surface area contributed by atoms with Crippen molar-refractivity contribution < 1.29 is 31.1 Å². The first-order chi connectivity index (χ1) is 8.06. The normalized spacial score (nSPS) is 12.3. The van der Waals surface area contributed by atoms with Crippen molar-refractivity contribution in [3.63, 3.8) is 0 Å². The maximum atomic E-state index is 12.2. The van der Waals surface area contributed by atoms with Crippen LogP contribution in [0, 0.1) is 3.57 Å². The third-order valence-electron chi connectivity index (χ3n) is 1.58. The number of methoxy groups -OCH3 is 1. The van der Waals surface area contributed by atoms with E-state index >= 15 is 0 Å². The van der Waals surface area contributed by atoms with E-state index < -0.39 is 26.2 Å². The van der Waals surface area contributed by atoms with Crippen molar-refractivity contribution in [3.8, 4) is 11.5 Å². The van der Waals surface area contributed by atoms with Crippen molar-refractivity contribution in [3.05, 3.63) is 9.77 Å². The highest BCUT2D eigenvalue weighted by Gasteiger charge is 2.36. The number of ether oxygens (including phenoxy) is 2. The van der Waals surface area contributed by atoms with Gasteiger partial charge in [0.1, 0.15) is 3.57 Å². The van der Waals surface area contributed by atoms with Crippen LogP contribution in [-0.4, -0.2) is 26.9 Å². The summed E-state index contributed by atoms with van der Waals surface area (Å²) in [4.78, 5) is 3.29. The lowest BCUT2D eigenvalue weighted by molar-refractivity contribution is -0.276. The first kappa shape index (κ1) is 15.6. The molecule has 5 nitrogen and oxygen atoms in total. The van der Waals surface area contributed by atoms with Gasteiger partial charge in [-0.25, -0.2) is 13.4 Å². The van der Waals surface area contributed by atoms with Crippen molar-refractivity contribution in [1.29, 1.82) is 0 Å². The zero-order valence-electron chi connectivity index (χ0n) is 8.46. The minimum Gasteiger partial charge on any atom is -0.494 e. The second-order valence-corrected chi connectivity index (χ2v) is 6.32. The first-order valence-electron chi connectivity index (χ1n) is 3.99. The Kier molecular flexibility index (Phi) is 4.54. The number of nitrogens with zero attached hydrogens (tertiary/aromatic N) is 1. The molecular formula is C7H4ClF3INO4S. The highest BCUT2D eigenvalue weighted by molar-refractivity contribution is 14.1. The summed E-state index contributed by atoms with van der Waals surface area (Å²) in [7, 11) is 1.69. The molecule has 1 heterocycles. The van der Waals surface area contributed by atoms with Gasteiger partial charge in [0.25, 0.3) is 9.05 Å². The van der Waals surface area contributed by atoms with Gasteiger partial charge in [0.2, 0.25) is 5.03 Å². The Hall–Kier alpha value is -0.490. The topological polar surface area (TPSA) is 65.5 Å². The largest absolute Gasteiger partial charge is 0.573 e. The molecule has 0 fully saturated rings. The molecule has 0 aliphatic rings. The molecule has 0 radical (unpaired) electrons. The molecule has 0 saturated heterocycles. The standard InChI is InChI=1S/C7H4ClF3INO4S/c1-16-3-2-13-6(18(8,14)15)5(4(3)12)17-7(9,10)11/h2H,1H3. The van der Waals surface area contributed by atoms with Crippen LogP contribution in [-0.2, 0) is 9.05 Å². The fourth-order valence-electron chi connectivity index (χ4n) is 0.959. The molecule has 0 amide bonds. The fraction of sp³-hybridized carbons (Fsp3) is 0.286. The molecule has 0 aliphatic heterocycles. The fourth-order valence-corrected chi connectivity index (χ4v) is 2.74. The summed E-state index contributed by atoms with van der Waals surface area (Å²) in [5.74, 6) is -1.09. The van der Waals surface area contributed by atoms with Gasteiger partial charge in [0, 0.05) is 10.7 Å². The molecular weight excluding hydrogens is 413 g/mol. The molecule has 0 unspecified atom stereocenters. The number of pyridine rings is 1. The number of rotatable bonds is 3. The molecule has 11 heteroatoms. The number of hydrogen-bond donors (Lipinski definition) is 0. The van der Waals surface area contributed by atoms with Crippen molar-refractivity contribution in [1.82, 2.24) is 4.98 Å². The van der Waals surface area contributed by atoms with Gasteiger partial charge in [-0.3, -0.25) is 0 Å². The van der Waals surface area contributed by atoms with Crippen LogP contribution in [0.4, 0.5) is 13.2 Å². The first-order valence-corrected chi connectivity index (χ1v) is 7.38. The Morgan fingerprint density at radius 3 is 2.39 bits per heavy atom. The molecule has 0 aromatic carbocycles. The third kappa shape index (κ3) is 3.75. The summed E-state index contributed by atoms with van der Waals surface area (Å²) in [6, 6.07) is 0. The maximum Gasteiger partial charge on any atom is 0.573 e. The van der Waals surface area contributed by atoms with Gasteiger partial charge in [-0.05, 0) is 22.6 Å². The molecule has 1 aromatic heterocycles. The number of alkyl halides is 3. The van der Waals surface area contributed by atoms with Gasteiger partial charge in [-0.2, -0.15) is 0 Å². The van der Waals surface area contributed by atoms with E-state index in [4.69, 9.17) is 15.4 Å². The van der Waals surface area contributed by atoms with E-state index in [2.05, 4.69) is 9.72 Å². The monoisotopic (exact) mass is 417 g/mol. The zero-order chi connectivity index (χ0) is 14.1. The van der Waals surface area contributed by atoms with Gasteiger partial charge in [-0.15, -0.1) is 13.2 Å². The average Bonchev–Trinajstić information content (AvgIpc) is 2.17. The molecule has 0 N–H and O–H groups in total. The number of aromatic nitrogens is 1. The van der Waals surface area contributed by atoms with Crippen molar-refractivity contribution in [2.45, 2.75) is 11.4 Å². The van der Waals surface area contributed by atoms with Gasteiger partial charge in [0.15, 0.2) is 11.5 Å². The molecule has 102 valence electrons. The van der Waals surface area contributed by atoms with Crippen LogP contribution < -0.4 is 9.47 Å². The van der Waals surface area contributed by atoms with Crippen molar-refractivity contribution in [2.75, 3.05) is 7.11 Å². The highest BCUT2D eigenvalue weighted by Crippen LogP contribution is 2.38. The number of hydrogen-bond acceptors (Lipinski definition) is 5. The minimum atomic E-state index is -5.08. The van der Waals surface area contributed by atoms with Crippen LogP contribution in [0.15, 0.2) is 11.2 Å². The Morgan fingerprint density at radius 2 is 2.00 bits per heavy atom. The van der Waals surface area contributed by atoms with Crippen LogP contribution in [0.3, 0.4) is 0 Å².